The molecule has 4 nitrogen and oxygen atoms in total. The van der Waals surface area contributed by atoms with Gasteiger partial charge in [-0.05, 0) is 35.4 Å². The van der Waals surface area contributed by atoms with Crippen molar-refractivity contribution in [3.8, 4) is 11.1 Å². The van der Waals surface area contributed by atoms with E-state index >= 15 is 0 Å². The van der Waals surface area contributed by atoms with Crippen LogP contribution in [0.1, 0.15) is 10.5 Å². The minimum Gasteiger partial charge on any atom is -0.511 e. The first-order chi connectivity index (χ1) is 9.56. The SMILES string of the molecule is C=C(O)CNC(=O)c1cc(-c2ccc(Cl)cc2)ccn1. The lowest BCUT2D eigenvalue weighted by Gasteiger charge is -2.06. The summed E-state index contributed by atoms with van der Waals surface area (Å²) < 4.78 is 0. The van der Waals surface area contributed by atoms with E-state index in [0.29, 0.717) is 5.02 Å². The van der Waals surface area contributed by atoms with Gasteiger partial charge in [0.15, 0.2) is 0 Å². The molecule has 0 unspecified atom stereocenters. The minimum absolute atomic E-state index is 0.00564. The Morgan fingerprint density at radius 2 is 1.95 bits per heavy atom. The van der Waals surface area contributed by atoms with Crippen LogP contribution in [-0.2, 0) is 0 Å². The molecule has 102 valence electrons. The monoisotopic (exact) mass is 288 g/mol. The quantitative estimate of drug-likeness (QED) is 0.849. The summed E-state index contributed by atoms with van der Waals surface area (Å²) in [5.74, 6) is -0.469. The third-order valence-electron chi connectivity index (χ3n) is 2.62. The van der Waals surface area contributed by atoms with E-state index < -0.39 is 0 Å². The molecule has 2 rings (SSSR count). The summed E-state index contributed by atoms with van der Waals surface area (Å²) in [6.07, 6.45) is 1.56. The lowest BCUT2D eigenvalue weighted by molar-refractivity contribution is 0.0947. The van der Waals surface area contributed by atoms with Gasteiger partial charge in [-0.2, -0.15) is 0 Å². The Kier molecular flexibility index (Phi) is 4.38. The topological polar surface area (TPSA) is 62.2 Å². The summed E-state index contributed by atoms with van der Waals surface area (Å²) in [6, 6.07) is 10.8. The van der Waals surface area contributed by atoms with Gasteiger partial charge in [-0.3, -0.25) is 9.78 Å². The van der Waals surface area contributed by atoms with Gasteiger partial charge in [0.2, 0.25) is 0 Å². The fourth-order valence-electron chi connectivity index (χ4n) is 1.65. The Balaban J connectivity index is 2.21. The van der Waals surface area contributed by atoms with E-state index in [1.54, 1.807) is 24.4 Å². The minimum atomic E-state index is -0.365. The van der Waals surface area contributed by atoms with Crippen LogP contribution in [0.5, 0.6) is 0 Å². The van der Waals surface area contributed by atoms with Gasteiger partial charge in [0, 0.05) is 11.2 Å². The molecule has 0 aliphatic rings. The number of rotatable bonds is 4. The van der Waals surface area contributed by atoms with Crippen LogP contribution in [-0.4, -0.2) is 22.5 Å². The number of benzene rings is 1. The number of pyridine rings is 1. The molecule has 0 radical (unpaired) electrons. The molecule has 0 saturated carbocycles. The highest BCUT2D eigenvalue weighted by Gasteiger charge is 2.08. The fourth-order valence-corrected chi connectivity index (χ4v) is 1.78. The number of nitrogens with one attached hydrogen (secondary N) is 1. The Hall–Kier alpha value is -2.33. The molecule has 2 N–H and O–H groups in total. The molecule has 1 aromatic carbocycles. The summed E-state index contributed by atoms with van der Waals surface area (Å²) in [4.78, 5) is 15.9. The van der Waals surface area contributed by atoms with Gasteiger partial charge in [0.05, 0.1) is 6.54 Å². The maximum atomic E-state index is 11.8. The number of carbonyl (C=O) groups is 1. The lowest BCUT2D eigenvalue weighted by Crippen LogP contribution is -2.26. The second-order valence-electron chi connectivity index (χ2n) is 4.19. The zero-order chi connectivity index (χ0) is 14.5. The summed E-state index contributed by atoms with van der Waals surface area (Å²) in [7, 11) is 0. The average molecular weight is 289 g/mol. The maximum absolute atomic E-state index is 11.8. The molecule has 2 aromatic rings. The highest BCUT2D eigenvalue weighted by molar-refractivity contribution is 6.30. The van der Waals surface area contributed by atoms with Crippen molar-refractivity contribution in [2.24, 2.45) is 0 Å². The fraction of sp³-hybridized carbons (Fsp3) is 0.0667. The summed E-state index contributed by atoms with van der Waals surface area (Å²) in [5, 5.41) is 12.1. The largest absolute Gasteiger partial charge is 0.511 e. The first-order valence-electron chi connectivity index (χ1n) is 5.93. The Labute approximate surface area is 121 Å². The predicted octanol–water partition coefficient (Wildman–Crippen LogP) is 3.20. The van der Waals surface area contributed by atoms with E-state index in [9.17, 15) is 4.79 Å². The molecule has 0 saturated heterocycles. The molecule has 0 aliphatic heterocycles. The van der Waals surface area contributed by atoms with Crippen LogP contribution < -0.4 is 5.32 Å². The van der Waals surface area contributed by atoms with Gasteiger partial charge in [-0.15, -0.1) is 0 Å². The van der Waals surface area contributed by atoms with E-state index in [4.69, 9.17) is 16.7 Å². The van der Waals surface area contributed by atoms with E-state index in [0.717, 1.165) is 11.1 Å². The van der Waals surface area contributed by atoms with Crippen molar-refractivity contribution in [3.05, 3.63) is 65.6 Å². The first kappa shape index (κ1) is 14.1. The normalized spacial score (nSPS) is 10.1. The zero-order valence-corrected chi connectivity index (χ0v) is 11.4. The number of aromatic nitrogens is 1. The number of aliphatic hydroxyl groups is 1. The molecule has 20 heavy (non-hydrogen) atoms. The highest BCUT2D eigenvalue weighted by atomic mass is 35.5. The van der Waals surface area contributed by atoms with Crippen LogP contribution in [0.2, 0.25) is 5.02 Å². The molecular formula is C15H13ClN2O2. The molecule has 0 atom stereocenters. The summed E-state index contributed by atoms with van der Waals surface area (Å²) in [6.45, 7) is 3.31. The number of nitrogens with zero attached hydrogens (tertiary/aromatic N) is 1. The zero-order valence-electron chi connectivity index (χ0n) is 10.6. The van der Waals surface area contributed by atoms with Crippen LogP contribution in [0.3, 0.4) is 0 Å². The Bertz CT molecular complexity index is 639. The van der Waals surface area contributed by atoms with E-state index in [2.05, 4.69) is 16.9 Å². The van der Waals surface area contributed by atoms with Crippen molar-refractivity contribution < 1.29 is 9.90 Å². The maximum Gasteiger partial charge on any atom is 0.270 e. The third-order valence-corrected chi connectivity index (χ3v) is 2.88. The molecule has 1 heterocycles. The van der Waals surface area contributed by atoms with Crippen molar-refractivity contribution in [3.63, 3.8) is 0 Å². The second-order valence-corrected chi connectivity index (χ2v) is 4.62. The van der Waals surface area contributed by atoms with E-state index in [1.165, 1.54) is 0 Å². The molecule has 0 fully saturated rings. The predicted molar refractivity (Wildman–Crippen MR) is 78.8 cm³/mol. The van der Waals surface area contributed by atoms with Crippen LogP contribution in [0.25, 0.3) is 11.1 Å². The van der Waals surface area contributed by atoms with Crippen molar-refractivity contribution in [1.82, 2.24) is 10.3 Å². The van der Waals surface area contributed by atoms with Gasteiger partial charge >= 0.3 is 0 Å². The molecule has 0 spiro atoms. The molecule has 1 aromatic heterocycles. The number of hydrogen-bond acceptors (Lipinski definition) is 3. The Morgan fingerprint density at radius 3 is 2.60 bits per heavy atom. The van der Waals surface area contributed by atoms with Crippen LogP contribution in [0.4, 0.5) is 0 Å². The smallest absolute Gasteiger partial charge is 0.270 e. The van der Waals surface area contributed by atoms with Gasteiger partial charge in [-0.25, -0.2) is 0 Å². The lowest BCUT2D eigenvalue weighted by atomic mass is 10.1. The number of aliphatic hydroxyl groups excluding tert-OH is 1. The molecular weight excluding hydrogens is 276 g/mol. The van der Waals surface area contributed by atoms with Crippen molar-refractivity contribution >= 4 is 17.5 Å². The summed E-state index contributed by atoms with van der Waals surface area (Å²) in [5.41, 5.74) is 2.08. The second kappa shape index (κ2) is 6.21. The Morgan fingerprint density at radius 1 is 1.25 bits per heavy atom. The van der Waals surface area contributed by atoms with Crippen LogP contribution >= 0.6 is 11.6 Å². The van der Waals surface area contributed by atoms with Crippen LogP contribution in [0, 0.1) is 0 Å². The van der Waals surface area contributed by atoms with Gasteiger partial charge in [0.25, 0.3) is 5.91 Å². The molecule has 0 bridgehead atoms. The number of hydrogen-bond donors (Lipinski definition) is 2. The van der Waals surface area contributed by atoms with Gasteiger partial charge in [-0.1, -0.05) is 30.3 Å². The highest BCUT2D eigenvalue weighted by Crippen LogP contribution is 2.21. The standard InChI is InChI=1S/C15H13ClN2O2/c1-10(19)9-18-15(20)14-8-12(6-7-17-14)11-2-4-13(16)5-3-11/h2-8,19H,1,9H2,(H,18,20). The van der Waals surface area contributed by atoms with Crippen LogP contribution in [0.15, 0.2) is 54.9 Å². The van der Waals surface area contributed by atoms with E-state index in [-0.39, 0.29) is 23.9 Å². The number of halogens is 1. The van der Waals surface area contributed by atoms with E-state index in [1.807, 2.05) is 18.2 Å². The average Bonchev–Trinajstić information content (AvgIpc) is 2.45. The third kappa shape index (κ3) is 3.59. The first-order valence-corrected chi connectivity index (χ1v) is 6.31. The molecule has 5 heteroatoms. The summed E-state index contributed by atoms with van der Waals surface area (Å²) >= 11 is 5.84. The molecule has 1 amide bonds. The van der Waals surface area contributed by atoms with Gasteiger partial charge < -0.3 is 10.4 Å². The molecule has 0 aliphatic carbocycles. The van der Waals surface area contributed by atoms with Gasteiger partial charge in [0.1, 0.15) is 11.5 Å². The van der Waals surface area contributed by atoms with Crippen molar-refractivity contribution in [2.45, 2.75) is 0 Å². The number of carbonyl (C=O) groups excluding carboxylic acids is 1. The van der Waals surface area contributed by atoms with Crippen molar-refractivity contribution in [2.75, 3.05) is 6.54 Å². The number of amides is 1. The van der Waals surface area contributed by atoms with Crippen molar-refractivity contribution in [1.29, 1.82) is 0 Å².